The van der Waals surface area contributed by atoms with Gasteiger partial charge in [0.15, 0.2) is 5.78 Å². The molecule has 1 aliphatic rings. The highest BCUT2D eigenvalue weighted by atomic mass is 16.5. The van der Waals surface area contributed by atoms with Crippen molar-refractivity contribution in [1.82, 2.24) is 0 Å². The maximum absolute atomic E-state index is 11.9. The molecule has 0 heterocycles. The van der Waals surface area contributed by atoms with Gasteiger partial charge in [-0.05, 0) is 29.9 Å². The number of hydrogen-bond donors (Lipinski definition) is 0. The predicted octanol–water partition coefficient (Wildman–Crippen LogP) is 2.70. The van der Waals surface area contributed by atoms with Gasteiger partial charge in [0.05, 0.1) is 13.5 Å². The van der Waals surface area contributed by atoms with Crippen LogP contribution in [0.4, 0.5) is 0 Å². The highest BCUT2D eigenvalue weighted by molar-refractivity contribution is 5.98. The lowest BCUT2D eigenvalue weighted by Crippen LogP contribution is -2.10. The van der Waals surface area contributed by atoms with E-state index in [2.05, 4.69) is 4.74 Å². The molecule has 1 atom stereocenters. The van der Waals surface area contributed by atoms with Crippen LogP contribution >= 0.6 is 0 Å². The van der Waals surface area contributed by atoms with Gasteiger partial charge in [-0.1, -0.05) is 36.4 Å². The number of allylic oxidation sites excluding steroid dienone is 2. The zero-order valence-corrected chi connectivity index (χ0v) is 11.1. The van der Waals surface area contributed by atoms with Gasteiger partial charge in [0.25, 0.3) is 0 Å². The van der Waals surface area contributed by atoms with Gasteiger partial charge >= 0.3 is 5.97 Å². The Labute approximate surface area is 113 Å². The highest BCUT2D eigenvalue weighted by Gasteiger charge is 2.30. The molecule has 0 saturated heterocycles. The minimum Gasteiger partial charge on any atom is -0.469 e. The largest absolute Gasteiger partial charge is 0.469 e. The van der Waals surface area contributed by atoms with Crippen molar-refractivity contribution in [3.05, 3.63) is 47.5 Å². The van der Waals surface area contributed by atoms with Crippen LogP contribution in [0.3, 0.4) is 0 Å². The Bertz CT molecular complexity index is 488. The first-order valence-electron chi connectivity index (χ1n) is 6.54. The minimum atomic E-state index is -0.245. The quantitative estimate of drug-likeness (QED) is 0.616. The third kappa shape index (κ3) is 3.53. The van der Waals surface area contributed by atoms with Crippen molar-refractivity contribution in [3.63, 3.8) is 0 Å². The molecule has 0 aliphatic heterocycles. The van der Waals surface area contributed by atoms with Gasteiger partial charge in [-0.3, -0.25) is 9.59 Å². The van der Waals surface area contributed by atoms with Gasteiger partial charge in [-0.2, -0.15) is 0 Å². The lowest BCUT2D eigenvalue weighted by molar-refractivity contribution is -0.141. The summed E-state index contributed by atoms with van der Waals surface area (Å²) in [5, 5.41) is 0. The van der Waals surface area contributed by atoms with E-state index in [0.717, 1.165) is 18.4 Å². The van der Waals surface area contributed by atoms with Crippen LogP contribution in [-0.2, 0) is 20.7 Å². The van der Waals surface area contributed by atoms with Crippen LogP contribution in [0.5, 0.6) is 0 Å². The van der Waals surface area contributed by atoms with Crippen molar-refractivity contribution >= 4 is 11.8 Å². The molecule has 2 rings (SSSR count). The summed E-state index contributed by atoms with van der Waals surface area (Å²) in [6, 6.07) is 10.0. The first-order valence-corrected chi connectivity index (χ1v) is 6.54. The first kappa shape index (κ1) is 13.5. The molecule has 0 aromatic heterocycles. The summed E-state index contributed by atoms with van der Waals surface area (Å²) in [5.74, 6) is -0.0428. The van der Waals surface area contributed by atoms with Gasteiger partial charge < -0.3 is 4.74 Å². The molecule has 0 amide bonds. The molecule has 1 unspecified atom stereocenters. The van der Waals surface area contributed by atoms with Crippen LogP contribution in [0, 0.1) is 5.92 Å². The van der Waals surface area contributed by atoms with Gasteiger partial charge in [0.1, 0.15) is 0 Å². The van der Waals surface area contributed by atoms with E-state index in [1.807, 2.05) is 36.4 Å². The van der Waals surface area contributed by atoms with Crippen molar-refractivity contribution in [2.24, 2.45) is 5.92 Å². The average Bonchev–Trinajstić information content (AvgIpc) is 2.78. The fraction of sp³-hybridized carbons (Fsp3) is 0.375. The van der Waals surface area contributed by atoms with Crippen LogP contribution < -0.4 is 0 Å². The summed E-state index contributed by atoms with van der Waals surface area (Å²) < 4.78 is 4.68. The van der Waals surface area contributed by atoms with Crippen LogP contribution in [0.25, 0.3) is 0 Å². The second-order valence-corrected chi connectivity index (χ2v) is 4.79. The van der Waals surface area contributed by atoms with E-state index in [0.29, 0.717) is 12.8 Å². The average molecular weight is 258 g/mol. The molecule has 3 nitrogen and oxygen atoms in total. The van der Waals surface area contributed by atoms with Gasteiger partial charge in [0, 0.05) is 6.42 Å². The zero-order chi connectivity index (χ0) is 13.7. The molecule has 100 valence electrons. The number of carbonyl (C=O) groups excluding carboxylic acids is 2. The normalized spacial score (nSPS) is 20.8. The molecular formula is C16H18O3. The summed E-state index contributed by atoms with van der Waals surface area (Å²) in [6.07, 6.45) is 4.32. The van der Waals surface area contributed by atoms with Crippen molar-refractivity contribution in [2.75, 3.05) is 7.11 Å². The van der Waals surface area contributed by atoms with E-state index < -0.39 is 0 Å². The van der Waals surface area contributed by atoms with E-state index in [1.165, 1.54) is 12.7 Å². The van der Waals surface area contributed by atoms with Gasteiger partial charge in [0.2, 0.25) is 0 Å². The molecular weight excluding hydrogens is 240 g/mol. The molecule has 19 heavy (non-hydrogen) atoms. The van der Waals surface area contributed by atoms with Crippen LogP contribution in [0.2, 0.25) is 0 Å². The fourth-order valence-corrected chi connectivity index (χ4v) is 2.45. The van der Waals surface area contributed by atoms with Crippen molar-refractivity contribution in [1.29, 1.82) is 0 Å². The summed E-state index contributed by atoms with van der Waals surface area (Å²) in [5.41, 5.74) is 1.97. The number of ketones is 1. The number of rotatable bonds is 4. The van der Waals surface area contributed by atoms with E-state index in [9.17, 15) is 9.59 Å². The third-order valence-electron chi connectivity index (χ3n) is 3.52. The van der Waals surface area contributed by atoms with Crippen LogP contribution in [-0.4, -0.2) is 18.9 Å². The smallest absolute Gasteiger partial charge is 0.306 e. The summed E-state index contributed by atoms with van der Waals surface area (Å²) >= 11 is 0. The molecule has 1 aromatic rings. The Hall–Kier alpha value is -1.90. The van der Waals surface area contributed by atoms with E-state index in [1.54, 1.807) is 0 Å². The van der Waals surface area contributed by atoms with Crippen molar-refractivity contribution < 1.29 is 14.3 Å². The number of methoxy groups -OCH3 is 1. The first-order chi connectivity index (χ1) is 9.20. The SMILES string of the molecule is COC(=O)CC1CCC(=O)C1=CCc1ccccc1. The van der Waals surface area contributed by atoms with Crippen molar-refractivity contribution in [3.8, 4) is 0 Å². The third-order valence-corrected chi connectivity index (χ3v) is 3.52. The number of carbonyl (C=O) groups is 2. The Kier molecular flexibility index (Phi) is 4.50. The van der Waals surface area contributed by atoms with E-state index in [4.69, 9.17) is 0 Å². The molecule has 1 saturated carbocycles. The predicted molar refractivity (Wildman–Crippen MR) is 72.6 cm³/mol. The maximum atomic E-state index is 11.9. The Morgan fingerprint density at radius 3 is 2.79 bits per heavy atom. The Balaban J connectivity index is 2.06. The van der Waals surface area contributed by atoms with Crippen LogP contribution in [0.15, 0.2) is 42.0 Å². The lowest BCUT2D eigenvalue weighted by Gasteiger charge is -2.09. The van der Waals surface area contributed by atoms with Gasteiger partial charge in [-0.15, -0.1) is 0 Å². The Morgan fingerprint density at radius 1 is 1.37 bits per heavy atom. The minimum absolute atomic E-state index is 0.0312. The molecule has 3 heteroatoms. The van der Waals surface area contributed by atoms with Crippen LogP contribution in [0.1, 0.15) is 24.8 Å². The molecule has 0 spiro atoms. The second-order valence-electron chi connectivity index (χ2n) is 4.79. The molecule has 0 radical (unpaired) electrons. The fourth-order valence-electron chi connectivity index (χ4n) is 2.45. The van der Waals surface area contributed by atoms with E-state index >= 15 is 0 Å². The summed E-state index contributed by atoms with van der Waals surface area (Å²) in [4.78, 5) is 23.2. The zero-order valence-electron chi connectivity index (χ0n) is 11.1. The Morgan fingerprint density at radius 2 is 2.11 bits per heavy atom. The van der Waals surface area contributed by atoms with Gasteiger partial charge in [-0.25, -0.2) is 0 Å². The summed E-state index contributed by atoms with van der Waals surface area (Å²) in [6.45, 7) is 0. The molecule has 1 aliphatic carbocycles. The monoisotopic (exact) mass is 258 g/mol. The summed E-state index contributed by atoms with van der Waals surface area (Å²) in [7, 11) is 1.38. The number of benzene rings is 1. The molecule has 0 N–H and O–H groups in total. The number of esters is 1. The number of Topliss-reactive ketones (excluding diaryl/α,β-unsaturated/α-hetero) is 1. The lowest BCUT2D eigenvalue weighted by atomic mass is 9.96. The number of hydrogen-bond acceptors (Lipinski definition) is 3. The molecule has 1 fully saturated rings. The van der Waals surface area contributed by atoms with Crippen molar-refractivity contribution in [2.45, 2.75) is 25.7 Å². The standard InChI is InChI=1S/C16H18O3/c1-19-16(18)11-13-8-10-15(17)14(13)9-7-12-5-3-2-4-6-12/h2-6,9,13H,7-8,10-11H2,1H3. The number of ether oxygens (including phenoxy) is 1. The highest BCUT2D eigenvalue weighted by Crippen LogP contribution is 2.31. The second kappa shape index (κ2) is 6.32. The van der Waals surface area contributed by atoms with E-state index in [-0.39, 0.29) is 17.7 Å². The maximum Gasteiger partial charge on any atom is 0.306 e. The molecule has 0 bridgehead atoms. The molecule has 1 aromatic carbocycles. The topological polar surface area (TPSA) is 43.4 Å².